The van der Waals surface area contributed by atoms with Crippen LogP contribution in [0.1, 0.15) is 207 Å². The third-order valence-electron chi connectivity index (χ3n) is 8.54. The molecular formula is C39H74O6. The minimum absolute atomic E-state index is 0.0662. The predicted molar refractivity (Wildman–Crippen MR) is 187 cm³/mol. The molecule has 0 rings (SSSR count). The fourth-order valence-corrected chi connectivity index (χ4v) is 5.57. The molecule has 45 heavy (non-hydrogen) atoms. The SMILES string of the molecule is CCCCCCCCCCCCC(=O)OC[C@H](COC(=O)CCCCCCC)OC(=O)CCCCCCCCCCCC(C)C. The Kier molecular flexibility index (Phi) is 32.6. The van der Waals surface area contributed by atoms with E-state index in [1.54, 1.807) is 0 Å². The summed E-state index contributed by atoms with van der Waals surface area (Å²) >= 11 is 0. The molecule has 0 aliphatic rings. The monoisotopic (exact) mass is 639 g/mol. The van der Waals surface area contributed by atoms with Crippen molar-refractivity contribution in [2.45, 2.75) is 214 Å². The lowest BCUT2D eigenvalue weighted by Crippen LogP contribution is -2.30. The standard InChI is InChI=1S/C39H74O6/c1-5-7-9-11-12-13-16-19-23-27-31-38(41)44-34-36(33-43-37(40)30-26-21-10-8-6-2)45-39(42)32-28-24-20-17-14-15-18-22-25-29-35(3)4/h35-36H,5-34H2,1-4H3/t36-/m0/s1. The van der Waals surface area contributed by atoms with Crippen molar-refractivity contribution in [1.82, 2.24) is 0 Å². The van der Waals surface area contributed by atoms with Gasteiger partial charge in [-0.15, -0.1) is 0 Å². The van der Waals surface area contributed by atoms with Gasteiger partial charge in [0.25, 0.3) is 0 Å². The third-order valence-corrected chi connectivity index (χ3v) is 8.54. The number of unbranched alkanes of at least 4 members (excludes halogenated alkanes) is 21. The third kappa shape index (κ3) is 33.6. The minimum atomic E-state index is -0.756. The van der Waals surface area contributed by atoms with Crippen LogP contribution in [0.15, 0.2) is 0 Å². The summed E-state index contributed by atoms with van der Waals surface area (Å²) in [6.07, 6.45) is 29.7. The number of rotatable bonds is 34. The second-order valence-electron chi connectivity index (χ2n) is 13.7. The summed E-state index contributed by atoms with van der Waals surface area (Å²) in [4.78, 5) is 37.2. The Labute approximate surface area is 278 Å². The second-order valence-corrected chi connectivity index (χ2v) is 13.7. The molecule has 0 aromatic rings. The topological polar surface area (TPSA) is 78.9 Å². The van der Waals surface area contributed by atoms with Crippen molar-refractivity contribution in [3.8, 4) is 0 Å². The van der Waals surface area contributed by atoms with Gasteiger partial charge in [-0.1, -0.05) is 169 Å². The Morgan fingerprint density at radius 3 is 1.09 bits per heavy atom. The first-order valence-electron chi connectivity index (χ1n) is 19.4. The van der Waals surface area contributed by atoms with Crippen molar-refractivity contribution in [1.29, 1.82) is 0 Å². The fourth-order valence-electron chi connectivity index (χ4n) is 5.57. The highest BCUT2D eigenvalue weighted by atomic mass is 16.6. The lowest BCUT2D eigenvalue weighted by atomic mass is 10.0. The van der Waals surface area contributed by atoms with E-state index in [9.17, 15) is 14.4 Å². The minimum Gasteiger partial charge on any atom is -0.462 e. The Bertz CT molecular complexity index is 676. The maximum Gasteiger partial charge on any atom is 0.306 e. The first kappa shape index (κ1) is 43.4. The Hall–Kier alpha value is -1.59. The smallest absolute Gasteiger partial charge is 0.306 e. The lowest BCUT2D eigenvalue weighted by molar-refractivity contribution is -0.167. The maximum absolute atomic E-state index is 12.6. The van der Waals surface area contributed by atoms with E-state index in [4.69, 9.17) is 14.2 Å². The van der Waals surface area contributed by atoms with Crippen LogP contribution < -0.4 is 0 Å². The molecule has 1 atom stereocenters. The van der Waals surface area contributed by atoms with Gasteiger partial charge in [-0.2, -0.15) is 0 Å². The Morgan fingerprint density at radius 2 is 0.733 bits per heavy atom. The fraction of sp³-hybridized carbons (Fsp3) is 0.923. The van der Waals surface area contributed by atoms with E-state index >= 15 is 0 Å². The zero-order valence-corrected chi connectivity index (χ0v) is 30.3. The molecule has 0 radical (unpaired) electrons. The van der Waals surface area contributed by atoms with Crippen molar-refractivity contribution in [3.63, 3.8) is 0 Å². The number of carbonyl (C=O) groups excluding carboxylic acids is 3. The average Bonchev–Trinajstić information content (AvgIpc) is 3.01. The normalized spacial score (nSPS) is 11.9. The number of hydrogen-bond donors (Lipinski definition) is 0. The summed E-state index contributed by atoms with van der Waals surface area (Å²) in [5.41, 5.74) is 0. The molecule has 0 aliphatic carbocycles. The lowest BCUT2D eigenvalue weighted by Gasteiger charge is -2.18. The van der Waals surface area contributed by atoms with Gasteiger partial charge in [0.15, 0.2) is 6.10 Å². The van der Waals surface area contributed by atoms with Crippen LogP contribution in [-0.4, -0.2) is 37.2 Å². The summed E-state index contributed by atoms with van der Waals surface area (Å²) < 4.78 is 16.5. The highest BCUT2D eigenvalue weighted by Gasteiger charge is 2.19. The summed E-state index contributed by atoms with van der Waals surface area (Å²) in [6, 6.07) is 0. The second kappa shape index (κ2) is 33.8. The number of ether oxygens (including phenoxy) is 3. The largest absolute Gasteiger partial charge is 0.462 e. The van der Waals surface area contributed by atoms with Crippen molar-refractivity contribution in [2.24, 2.45) is 5.92 Å². The van der Waals surface area contributed by atoms with Crippen LogP contribution in [0.2, 0.25) is 0 Å². The quantitative estimate of drug-likeness (QED) is 0.0396. The van der Waals surface area contributed by atoms with Gasteiger partial charge in [-0.05, 0) is 25.2 Å². The predicted octanol–water partition coefficient (Wildman–Crippen LogP) is 11.6. The maximum atomic E-state index is 12.6. The summed E-state index contributed by atoms with van der Waals surface area (Å²) in [6.45, 7) is 8.85. The first-order valence-corrected chi connectivity index (χ1v) is 19.4. The molecule has 0 aromatic carbocycles. The summed E-state index contributed by atoms with van der Waals surface area (Å²) in [5, 5.41) is 0. The van der Waals surface area contributed by atoms with E-state index < -0.39 is 6.10 Å². The molecule has 0 aliphatic heterocycles. The Morgan fingerprint density at radius 1 is 0.422 bits per heavy atom. The van der Waals surface area contributed by atoms with Crippen molar-refractivity contribution >= 4 is 17.9 Å². The van der Waals surface area contributed by atoms with Gasteiger partial charge in [0, 0.05) is 19.3 Å². The average molecular weight is 639 g/mol. The molecule has 0 spiro atoms. The molecule has 0 heterocycles. The van der Waals surface area contributed by atoms with Crippen LogP contribution in [-0.2, 0) is 28.6 Å². The molecule has 6 heteroatoms. The van der Waals surface area contributed by atoms with Crippen LogP contribution in [0.5, 0.6) is 0 Å². The van der Waals surface area contributed by atoms with Crippen LogP contribution in [0.3, 0.4) is 0 Å². The van der Waals surface area contributed by atoms with Gasteiger partial charge in [0.05, 0.1) is 0 Å². The summed E-state index contributed by atoms with van der Waals surface area (Å²) in [7, 11) is 0. The number of esters is 3. The van der Waals surface area contributed by atoms with Crippen molar-refractivity contribution < 1.29 is 28.6 Å². The van der Waals surface area contributed by atoms with Crippen molar-refractivity contribution in [3.05, 3.63) is 0 Å². The van der Waals surface area contributed by atoms with Gasteiger partial charge in [-0.3, -0.25) is 14.4 Å². The molecule has 0 amide bonds. The van der Waals surface area contributed by atoms with E-state index in [0.717, 1.165) is 70.1 Å². The molecule has 266 valence electrons. The zero-order chi connectivity index (χ0) is 33.2. The zero-order valence-electron chi connectivity index (χ0n) is 30.3. The van der Waals surface area contributed by atoms with Gasteiger partial charge in [0.1, 0.15) is 13.2 Å². The van der Waals surface area contributed by atoms with E-state index in [2.05, 4.69) is 27.7 Å². The van der Waals surface area contributed by atoms with Gasteiger partial charge in [-0.25, -0.2) is 0 Å². The molecule has 0 aromatic heterocycles. The van der Waals surface area contributed by atoms with E-state index in [1.807, 2.05) is 0 Å². The highest BCUT2D eigenvalue weighted by Crippen LogP contribution is 2.15. The number of carbonyl (C=O) groups is 3. The number of hydrogen-bond acceptors (Lipinski definition) is 6. The Balaban J connectivity index is 4.27. The molecular weight excluding hydrogens is 564 g/mol. The van der Waals surface area contributed by atoms with Gasteiger partial charge in [0.2, 0.25) is 0 Å². The molecule has 0 bridgehead atoms. The van der Waals surface area contributed by atoms with Crippen LogP contribution in [0.25, 0.3) is 0 Å². The van der Waals surface area contributed by atoms with Crippen LogP contribution >= 0.6 is 0 Å². The van der Waals surface area contributed by atoms with E-state index in [-0.39, 0.29) is 31.1 Å². The molecule has 0 N–H and O–H groups in total. The first-order chi connectivity index (χ1) is 21.9. The molecule has 0 fully saturated rings. The molecule has 0 saturated heterocycles. The van der Waals surface area contributed by atoms with Crippen molar-refractivity contribution in [2.75, 3.05) is 13.2 Å². The molecule has 0 saturated carbocycles. The van der Waals surface area contributed by atoms with Gasteiger partial charge >= 0.3 is 17.9 Å². The summed E-state index contributed by atoms with van der Waals surface area (Å²) in [5.74, 6) is -0.0743. The van der Waals surface area contributed by atoms with E-state index in [0.29, 0.717) is 19.3 Å². The van der Waals surface area contributed by atoms with Crippen LogP contribution in [0.4, 0.5) is 0 Å². The van der Waals surface area contributed by atoms with Gasteiger partial charge < -0.3 is 14.2 Å². The highest BCUT2D eigenvalue weighted by molar-refractivity contribution is 5.71. The molecule has 6 nitrogen and oxygen atoms in total. The molecule has 0 unspecified atom stereocenters. The van der Waals surface area contributed by atoms with E-state index in [1.165, 1.54) is 96.3 Å². The van der Waals surface area contributed by atoms with Crippen LogP contribution in [0, 0.1) is 5.92 Å².